The van der Waals surface area contributed by atoms with Crippen LogP contribution < -0.4 is 4.74 Å². The molecule has 0 saturated carbocycles. The molecule has 0 atom stereocenters. The van der Waals surface area contributed by atoms with E-state index in [0.29, 0.717) is 18.8 Å². The third-order valence-electron chi connectivity index (χ3n) is 4.65. The number of benzene rings is 2. The number of nitrogens with one attached hydrogen (secondary N) is 1. The van der Waals surface area contributed by atoms with Crippen LogP contribution in [0.25, 0.3) is 10.9 Å². The third kappa shape index (κ3) is 4.13. The molecule has 27 heavy (non-hydrogen) atoms. The average molecular weight is 365 g/mol. The van der Waals surface area contributed by atoms with Gasteiger partial charge in [-0.15, -0.1) is 0 Å². The zero-order valence-electron chi connectivity index (χ0n) is 16.7. The monoisotopic (exact) mass is 365 g/mol. The molecule has 142 valence electrons. The van der Waals surface area contributed by atoms with Crippen LogP contribution in [0.4, 0.5) is 0 Å². The second kappa shape index (κ2) is 7.43. The van der Waals surface area contributed by atoms with Gasteiger partial charge in [-0.25, -0.2) is 0 Å². The maximum Gasteiger partial charge on any atom is 0.274 e. The van der Waals surface area contributed by atoms with Crippen LogP contribution in [-0.4, -0.2) is 41.2 Å². The van der Waals surface area contributed by atoms with Crippen molar-refractivity contribution in [1.82, 2.24) is 15.1 Å². The van der Waals surface area contributed by atoms with Gasteiger partial charge < -0.3 is 9.64 Å². The minimum absolute atomic E-state index is 0.00410. The fourth-order valence-electron chi connectivity index (χ4n) is 3.08. The van der Waals surface area contributed by atoms with Gasteiger partial charge in [0.05, 0.1) is 12.1 Å². The Morgan fingerprint density at radius 1 is 1.19 bits per heavy atom. The highest BCUT2D eigenvalue weighted by atomic mass is 16.5. The standard InChI is InChI=1S/C22H27N3O2/c1-15-10-11-18-16(14-15)20(24-23-18)21(26)25(5)12-13-27-19-9-7-6-8-17(19)22(2,3)4/h6-11,14H,12-13H2,1-5H3,(H,23,24). The van der Waals surface area contributed by atoms with Gasteiger partial charge in [-0.1, -0.05) is 50.6 Å². The quantitative estimate of drug-likeness (QED) is 0.732. The molecule has 0 aliphatic carbocycles. The summed E-state index contributed by atoms with van der Waals surface area (Å²) in [5, 5.41) is 7.99. The first kappa shape index (κ1) is 19.0. The highest BCUT2D eigenvalue weighted by Crippen LogP contribution is 2.30. The van der Waals surface area contributed by atoms with Gasteiger partial charge in [0, 0.05) is 12.4 Å². The summed E-state index contributed by atoms with van der Waals surface area (Å²) in [5.41, 5.74) is 3.58. The number of aryl methyl sites for hydroxylation is 1. The van der Waals surface area contributed by atoms with Crippen LogP contribution in [-0.2, 0) is 5.41 Å². The third-order valence-corrected chi connectivity index (χ3v) is 4.65. The van der Waals surface area contributed by atoms with E-state index in [1.165, 1.54) is 0 Å². The fourth-order valence-corrected chi connectivity index (χ4v) is 3.08. The number of hydrogen-bond acceptors (Lipinski definition) is 3. The average Bonchev–Trinajstić information content (AvgIpc) is 3.03. The summed E-state index contributed by atoms with van der Waals surface area (Å²) < 4.78 is 5.99. The summed E-state index contributed by atoms with van der Waals surface area (Å²) in [6, 6.07) is 14.0. The Labute approximate surface area is 160 Å². The number of para-hydroxylation sites is 1. The normalized spacial score (nSPS) is 11.6. The number of rotatable bonds is 5. The number of carbonyl (C=O) groups excluding carboxylic acids is 1. The maximum absolute atomic E-state index is 12.8. The van der Waals surface area contributed by atoms with Gasteiger partial charge >= 0.3 is 0 Å². The number of likely N-dealkylation sites (N-methyl/N-ethyl adjacent to an activating group) is 1. The van der Waals surface area contributed by atoms with E-state index in [1.807, 2.05) is 43.3 Å². The van der Waals surface area contributed by atoms with E-state index in [0.717, 1.165) is 27.8 Å². The van der Waals surface area contributed by atoms with Crippen molar-refractivity contribution in [3.05, 3.63) is 59.3 Å². The lowest BCUT2D eigenvalue weighted by atomic mass is 9.86. The molecule has 3 aromatic rings. The van der Waals surface area contributed by atoms with Crippen LogP contribution in [0.1, 0.15) is 42.4 Å². The van der Waals surface area contributed by atoms with Crippen LogP contribution in [0.5, 0.6) is 5.75 Å². The van der Waals surface area contributed by atoms with E-state index in [1.54, 1.807) is 11.9 Å². The first-order valence-corrected chi connectivity index (χ1v) is 9.20. The minimum atomic E-state index is -0.112. The highest BCUT2D eigenvalue weighted by molar-refractivity contribution is 6.04. The zero-order chi connectivity index (χ0) is 19.6. The summed E-state index contributed by atoms with van der Waals surface area (Å²) in [5.74, 6) is 0.756. The van der Waals surface area contributed by atoms with E-state index < -0.39 is 0 Å². The number of amides is 1. The summed E-state index contributed by atoms with van der Waals surface area (Å²) in [7, 11) is 1.78. The molecule has 1 heterocycles. The van der Waals surface area contributed by atoms with E-state index >= 15 is 0 Å². The minimum Gasteiger partial charge on any atom is -0.491 e. The largest absolute Gasteiger partial charge is 0.491 e. The van der Waals surface area contributed by atoms with Crippen molar-refractivity contribution in [3.63, 3.8) is 0 Å². The van der Waals surface area contributed by atoms with Crippen molar-refractivity contribution in [1.29, 1.82) is 0 Å². The smallest absolute Gasteiger partial charge is 0.274 e. The highest BCUT2D eigenvalue weighted by Gasteiger charge is 2.20. The van der Waals surface area contributed by atoms with Gasteiger partial charge in [-0.05, 0) is 36.1 Å². The van der Waals surface area contributed by atoms with Gasteiger partial charge in [0.25, 0.3) is 5.91 Å². The lowest BCUT2D eigenvalue weighted by Crippen LogP contribution is -2.31. The molecule has 5 nitrogen and oxygen atoms in total. The zero-order valence-corrected chi connectivity index (χ0v) is 16.7. The summed E-state index contributed by atoms with van der Waals surface area (Å²) in [4.78, 5) is 14.4. The van der Waals surface area contributed by atoms with Crippen molar-refractivity contribution >= 4 is 16.8 Å². The number of H-pyrrole nitrogens is 1. The van der Waals surface area contributed by atoms with E-state index in [4.69, 9.17) is 4.74 Å². The molecule has 5 heteroatoms. The molecule has 3 rings (SSSR count). The molecular weight excluding hydrogens is 338 g/mol. The van der Waals surface area contributed by atoms with Crippen molar-refractivity contribution in [2.24, 2.45) is 0 Å². The molecule has 0 aliphatic heterocycles. The predicted molar refractivity (Wildman–Crippen MR) is 108 cm³/mol. The van der Waals surface area contributed by atoms with Gasteiger partial charge in [0.1, 0.15) is 12.4 Å². The second-order valence-corrected chi connectivity index (χ2v) is 7.94. The van der Waals surface area contributed by atoms with Gasteiger partial charge in [-0.2, -0.15) is 5.10 Å². The number of fused-ring (bicyclic) bond motifs is 1. The first-order chi connectivity index (χ1) is 12.8. The number of ether oxygens (including phenoxy) is 1. The maximum atomic E-state index is 12.8. The first-order valence-electron chi connectivity index (χ1n) is 9.20. The molecular formula is C22H27N3O2. The molecule has 0 bridgehead atoms. The van der Waals surface area contributed by atoms with Gasteiger partial charge in [0.2, 0.25) is 0 Å². The van der Waals surface area contributed by atoms with Crippen LogP contribution in [0.2, 0.25) is 0 Å². The fraction of sp³-hybridized carbons (Fsp3) is 0.364. The number of nitrogens with zero attached hydrogens (tertiary/aromatic N) is 2. The van der Waals surface area contributed by atoms with Gasteiger partial charge in [0.15, 0.2) is 5.69 Å². The van der Waals surface area contributed by atoms with Crippen LogP contribution in [0.3, 0.4) is 0 Å². The van der Waals surface area contributed by atoms with Gasteiger partial charge in [-0.3, -0.25) is 9.89 Å². The molecule has 0 saturated heterocycles. The second-order valence-electron chi connectivity index (χ2n) is 7.94. The van der Waals surface area contributed by atoms with E-state index in [2.05, 4.69) is 37.0 Å². The number of carbonyl (C=O) groups is 1. The molecule has 0 aliphatic rings. The molecule has 0 spiro atoms. The van der Waals surface area contributed by atoms with E-state index in [-0.39, 0.29) is 11.3 Å². The molecule has 1 N–H and O–H groups in total. The number of aromatic nitrogens is 2. The predicted octanol–water partition coefficient (Wildman–Crippen LogP) is 4.32. The Kier molecular flexibility index (Phi) is 5.22. The van der Waals surface area contributed by atoms with E-state index in [9.17, 15) is 4.79 Å². The topological polar surface area (TPSA) is 58.2 Å². The number of aromatic amines is 1. The van der Waals surface area contributed by atoms with Crippen molar-refractivity contribution in [2.45, 2.75) is 33.1 Å². The Balaban J connectivity index is 1.67. The molecule has 0 unspecified atom stereocenters. The Morgan fingerprint density at radius 2 is 1.93 bits per heavy atom. The Bertz CT molecular complexity index is 954. The summed E-state index contributed by atoms with van der Waals surface area (Å²) in [6.07, 6.45) is 0. The van der Waals surface area contributed by atoms with Crippen LogP contribution in [0.15, 0.2) is 42.5 Å². The van der Waals surface area contributed by atoms with Crippen molar-refractivity contribution < 1.29 is 9.53 Å². The molecule has 0 radical (unpaired) electrons. The summed E-state index contributed by atoms with van der Waals surface area (Å²) >= 11 is 0. The lowest BCUT2D eigenvalue weighted by Gasteiger charge is -2.23. The SMILES string of the molecule is Cc1ccc2[nH]nc(C(=O)N(C)CCOc3ccccc3C(C)(C)C)c2c1. The van der Waals surface area contributed by atoms with Crippen molar-refractivity contribution in [2.75, 3.05) is 20.2 Å². The molecule has 0 fully saturated rings. The summed E-state index contributed by atoms with van der Waals surface area (Å²) in [6.45, 7) is 9.40. The molecule has 1 aromatic heterocycles. The molecule has 1 amide bonds. The molecule has 2 aromatic carbocycles. The van der Waals surface area contributed by atoms with Crippen LogP contribution >= 0.6 is 0 Å². The Hall–Kier alpha value is -2.82. The van der Waals surface area contributed by atoms with Crippen molar-refractivity contribution in [3.8, 4) is 5.75 Å². The van der Waals surface area contributed by atoms with Crippen LogP contribution in [0, 0.1) is 6.92 Å². The number of hydrogen-bond donors (Lipinski definition) is 1. The lowest BCUT2D eigenvalue weighted by molar-refractivity contribution is 0.0769. The Morgan fingerprint density at radius 3 is 2.67 bits per heavy atom.